The zero-order chi connectivity index (χ0) is 34.2. The van der Waals surface area contributed by atoms with Gasteiger partial charge in [0.2, 0.25) is 0 Å². The molecule has 0 N–H and O–H groups in total. The lowest BCUT2D eigenvalue weighted by Crippen LogP contribution is -1.92. The second-order valence-corrected chi connectivity index (χ2v) is 14.0. The van der Waals surface area contributed by atoms with Crippen molar-refractivity contribution >= 4 is 75.4 Å². The van der Waals surface area contributed by atoms with E-state index in [4.69, 9.17) is 0 Å². The Hall–Kier alpha value is -6.76. The molecule has 0 saturated carbocycles. The van der Waals surface area contributed by atoms with Crippen LogP contribution in [0, 0.1) is 0 Å². The van der Waals surface area contributed by atoms with Gasteiger partial charge in [0.05, 0.1) is 0 Å². The Morgan fingerprint density at radius 1 is 0.192 bits per heavy atom. The number of hydrogen-bond donors (Lipinski definition) is 0. The van der Waals surface area contributed by atoms with E-state index in [1.165, 1.54) is 109 Å². The van der Waals surface area contributed by atoms with E-state index in [0.29, 0.717) is 0 Å². The molecule has 11 aromatic carbocycles. The van der Waals surface area contributed by atoms with Crippen LogP contribution in [0.3, 0.4) is 0 Å². The molecule has 0 spiro atoms. The average molecular weight is 657 g/mol. The predicted octanol–water partition coefficient (Wildman–Crippen LogP) is 14.8. The molecule has 52 heavy (non-hydrogen) atoms. The molecule has 11 rings (SSSR count). The fourth-order valence-electron chi connectivity index (χ4n) is 8.84. The van der Waals surface area contributed by atoms with Crippen molar-refractivity contribution in [3.8, 4) is 33.4 Å². The molecular formula is C52H32. The summed E-state index contributed by atoms with van der Waals surface area (Å²) in [7, 11) is 0. The molecule has 11 aromatic rings. The standard InChI is InChI=1S/C52H32/c1-3-15-39-34(12-1)14-11-23-44(39)52-47-21-9-7-19-45(47)51(46-20-8-10-22-48(46)52)37-27-25-33-24-26-36(30-38(33)31-37)49-32-50-40-16-4-2-13-35(40)28-29-43(50)41-17-5-6-18-42(41)49/h1-32H. The van der Waals surface area contributed by atoms with Gasteiger partial charge < -0.3 is 0 Å². The van der Waals surface area contributed by atoms with Crippen LogP contribution >= 0.6 is 0 Å². The highest BCUT2D eigenvalue weighted by molar-refractivity contribution is 6.24. The number of fused-ring (bicyclic) bond motifs is 9. The molecule has 0 aliphatic carbocycles. The fourth-order valence-corrected chi connectivity index (χ4v) is 8.84. The van der Waals surface area contributed by atoms with E-state index >= 15 is 0 Å². The van der Waals surface area contributed by atoms with Crippen molar-refractivity contribution in [1.29, 1.82) is 0 Å². The summed E-state index contributed by atoms with van der Waals surface area (Å²) in [6.45, 7) is 0. The fraction of sp³-hybridized carbons (Fsp3) is 0. The molecule has 0 nitrogen and oxygen atoms in total. The summed E-state index contributed by atoms with van der Waals surface area (Å²) in [5.74, 6) is 0. The Morgan fingerprint density at radius 3 is 1.38 bits per heavy atom. The molecule has 0 aliphatic heterocycles. The highest BCUT2D eigenvalue weighted by Gasteiger charge is 2.18. The van der Waals surface area contributed by atoms with Gasteiger partial charge in [-0.1, -0.05) is 176 Å². The van der Waals surface area contributed by atoms with Gasteiger partial charge in [0.1, 0.15) is 0 Å². The average Bonchev–Trinajstić information content (AvgIpc) is 3.21. The summed E-state index contributed by atoms with van der Waals surface area (Å²) >= 11 is 0. The van der Waals surface area contributed by atoms with Crippen molar-refractivity contribution in [3.05, 3.63) is 194 Å². The van der Waals surface area contributed by atoms with Gasteiger partial charge in [-0.25, -0.2) is 0 Å². The van der Waals surface area contributed by atoms with E-state index in [-0.39, 0.29) is 0 Å². The molecule has 0 aromatic heterocycles. The first-order valence-electron chi connectivity index (χ1n) is 18.1. The maximum atomic E-state index is 2.41. The largest absolute Gasteiger partial charge is 0.0616 e. The highest BCUT2D eigenvalue weighted by atomic mass is 14.2. The molecule has 0 heterocycles. The smallest absolute Gasteiger partial charge is 0.00201 e. The quantitative estimate of drug-likeness (QED) is 0.131. The first-order valence-corrected chi connectivity index (χ1v) is 18.1. The third-order valence-corrected chi connectivity index (χ3v) is 11.2. The lowest BCUT2D eigenvalue weighted by molar-refractivity contribution is 1.67. The third kappa shape index (κ3) is 4.35. The Morgan fingerprint density at radius 2 is 0.673 bits per heavy atom. The number of hydrogen-bond acceptors (Lipinski definition) is 0. The molecule has 0 atom stereocenters. The minimum absolute atomic E-state index is 1.23. The second kappa shape index (κ2) is 11.4. The normalized spacial score (nSPS) is 11.8. The van der Waals surface area contributed by atoms with E-state index in [1.807, 2.05) is 0 Å². The monoisotopic (exact) mass is 656 g/mol. The van der Waals surface area contributed by atoms with Gasteiger partial charge in [-0.2, -0.15) is 0 Å². The van der Waals surface area contributed by atoms with Gasteiger partial charge in [-0.15, -0.1) is 0 Å². The molecular weight excluding hydrogens is 625 g/mol. The van der Waals surface area contributed by atoms with E-state index < -0.39 is 0 Å². The van der Waals surface area contributed by atoms with Gasteiger partial charge in [0, 0.05) is 0 Å². The zero-order valence-electron chi connectivity index (χ0n) is 28.5. The molecule has 0 radical (unpaired) electrons. The van der Waals surface area contributed by atoms with Crippen LogP contribution in [0.25, 0.3) is 109 Å². The molecule has 0 bridgehead atoms. The summed E-state index contributed by atoms with van der Waals surface area (Å²) in [6, 6.07) is 71.9. The lowest BCUT2D eigenvalue weighted by atomic mass is 9.84. The van der Waals surface area contributed by atoms with Crippen LogP contribution in [0.4, 0.5) is 0 Å². The summed E-state index contributed by atoms with van der Waals surface area (Å²) < 4.78 is 0. The molecule has 0 amide bonds. The topological polar surface area (TPSA) is 0 Å². The van der Waals surface area contributed by atoms with Crippen LogP contribution in [-0.4, -0.2) is 0 Å². The zero-order valence-corrected chi connectivity index (χ0v) is 28.5. The first-order chi connectivity index (χ1) is 25.8. The summed E-state index contributed by atoms with van der Waals surface area (Å²) in [5, 5.41) is 17.8. The van der Waals surface area contributed by atoms with Crippen molar-refractivity contribution in [2.24, 2.45) is 0 Å². The molecule has 0 fully saturated rings. The van der Waals surface area contributed by atoms with Crippen molar-refractivity contribution in [1.82, 2.24) is 0 Å². The summed E-state index contributed by atoms with van der Waals surface area (Å²) in [6.07, 6.45) is 0. The lowest BCUT2D eigenvalue weighted by Gasteiger charge is -2.19. The Kier molecular flexibility index (Phi) is 6.35. The number of rotatable bonds is 3. The Labute approximate surface area is 301 Å². The number of benzene rings is 11. The van der Waals surface area contributed by atoms with E-state index in [9.17, 15) is 0 Å². The first kappa shape index (κ1) is 29.0. The van der Waals surface area contributed by atoms with Gasteiger partial charge >= 0.3 is 0 Å². The molecule has 240 valence electrons. The molecule has 0 unspecified atom stereocenters. The maximum absolute atomic E-state index is 2.41. The van der Waals surface area contributed by atoms with Gasteiger partial charge in [0.15, 0.2) is 0 Å². The SMILES string of the molecule is c1ccc2c(-c3c4ccccc4c(-c4ccc5ccc(-c6cc7c8ccccc8ccc7c7ccccc67)cc5c4)c4ccccc34)cccc2c1. The van der Waals surface area contributed by atoms with Crippen molar-refractivity contribution in [3.63, 3.8) is 0 Å². The van der Waals surface area contributed by atoms with E-state index in [1.54, 1.807) is 0 Å². The second-order valence-electron chi connectivity index (χ2n) is 14.0. The van der Waals surface area contributed by atoms with Crippen LogP contribution in [0.5, 0.6) is 0 Å². The van der Waals surface area contributed by atoms with Gasteiger partial charge in [-0.3, -0.25) is 0 Å². The Balaban J connectivity index is 1.16. The van der Waals surface area contributed by atoms with Crippen LogP contribution in [0.15, 0.2) is 194 Å². The minimum Gasteiger partial charge on any atom is -0.0616 e. The van der Waals surface area contributed by atoms with Crippen molar-refractivity contribution < 1.29 is 0 Å². The van der Waals surface area contributed by atoms with Crippen LogP contribution < -0.4 is 0 Å². The van der Waals surface area contributed by atoms with Gasteiger partial charge in [-0.05, 0) is 127 Å². The maximum Gasteiger partial charge on any atom is -0.00201 e. The summed E-state index contributed by atoms with van der Waals surface area (Å²) in [5.41, 5.74) is 7.58. The van der Waals surface area contributed by atoms with E-state index in [2.05, 4.69) is 194 Å². The van der Waals surface area contributed by atoms with Crippen LogP contribution in [-0.2, 0) is 0 Å². The predicted molar refractivity (Wildman–Crippen MR) is 225 cm³/mol. The molecule has 0 heteroatoms. The van der Waals surface area contributed by atoms with Crippen LogP contribution in [0.2, 0.25) is 0 Å². The molecule has 0 saturated heterocycles. The third-order valence-electron chi connectivity index (χ3n) is 11.2. The minimum atomic E-state index is 1.23. The van der Waals surface area contributed by atoms with Crippen LogP contribution in [0.1, 0.15) is 0 Å². The van der Waals surface area contributed by atoms with Crippen molar-refractivity contribution in [2.45, 2.75) is 0 Å². The summed E-state index contributed by atoms with van der Waals surface area (Å²) in [4.78, 5) is 0. The van der Waals surface area contributed by atoms with Gasteiger partial charge in [0.25, 0.3) is 0 Å². The Bertz CT molecular complexity index is 3170. The van der Waals surface area contributed by atoms with Crippen molar-refractivity contribution in [2.75, 3.05) is 0 Å². The molecule has 0 aliphatic rings. The highest BCUT2D eigenvalue weighted by Crippen LogP contribution is 2.46. The van der Waals surface area contributed by atoms with E-state index in [0.717, 1.165) is 0 Å².